The summed E-state index contributed by atoms with van der Waals surface area (Å²) in [6.07, 6.45) is 11.8. The number of hydrogen-bond acceptors (Lipinski definition) is 1. The van der Waals surface area contributed by atoms with Gasteiger partial charge in [0.2, 0.25) is 5.24 Å². The highest BCUT2D eigenvalue weighted by atomic mass is 35.5. The van der Waals surface area contributed by atoms with E-state index in [2.05, 4.69) is 13.0 Å². The molecule has 0 aromatic rings. The molecule has 0 aromatic heterocycles. The van der Waals surface area contributed by atoms with Gasteiger partial charge in [0.05, 0.1) is 0 Å². The maximum absolute atomic E-state index is 10.3. The van der Waals surface area contributed by atoms with Crippen LogP contribution in [0.5, 0.6) is 0 Å². The SMILES string of the molecule is CCCCCCC=CCCC(=O)Cl. The van der Waals surface area contributed by atoms with Crippen LogP contribution in [0.2, 0.25) is 0 Å². The van der Waals surface area contributed by atoms with Crippen molar-refractivity contribution in [2.45, 2.75) is 51.9 Å². The van der Waals surface area contributed by atoms with E-state index in [0.29, 0.717) is 6.42 Å². The van der Waals surface area contributed by atoms with E-state index >= 15 is 0 Å². The van der Waals surface area contributed by atoms with Crippen molar-refractivity contribution in [3.05, 3.63) is 12.2 Å². The Hall–Kier alpha value is -0.300. The zero-order valence-electron chi connectivity index (χ0n) is 8.39. The minimum atomic E-state index is -0.240. The lowest BCUT2D eigenvalue weighted by Gasteiger charge is -1.93. The zero-order chi connectivity index (χ0) is 9.94. The Balaban J connectivity index is 3.08. The number of hydrogen-bond donors (Lipinski definition) is 0. The topological polar surface area (TPSA) is 17.1 Å². The molecule has 0 amide bonds. The summed E-state index contributed by atoms with van der Waals surface area (Å²) in [5.41, 5.74) is 0. The van der Waals surface area contributed by atoms with Crippen molar-refractivity contribution in [2.24, 2.45) is 0 Å². The maximum atomic E-state index is 10.3. The number of allylic oxidation sites excluding steroid dienone is 2. The highest BCUT2D eigenvalue weighted by molar-refractivity contribution is 6.63. The van der Waals surface area contributed by atoms with Crippen molar-refractivity contribution >= 4 is 16.8 Å². The molecule has 0 radical (unpaired) electrons. The van der Waals surface area contributed by atoms with Crippen LogP contribution >= 0.6 is 11.6 Å². The standard InChI is InChI=1S/C11H19ClO/c1-2-3-4-5-6-7-8-9-10-11(12)13/h7-8H,2-6,9-10H2,1H3. The monoisotopic (exact) mass is 202 g/mol. The highest BCUT2D eigenvalue weighted by Gasteiger charge is 1.90. The molecule has 0 atom stereocenters. The molecule has 76 valence electrons. The van der Waals surface area contributed by atoms with E-state index in [1.54, 1.807) is 0 Å². The van der Waals surface area contributed by atoms with Gasteiger partial charge in [-0.05, 0) is 30.9 Å². The first kappa shape index (κ1) is 12.7. The second-order valence-electron chi connectivity index (χ2n) is 3.21. The van der Waals surface area contributed by atoms with Crippen LogP contribution in [0.1, 0.15) is 51.9 Å². The zero-order valence-corrected chi connectivity index (χ0v) is 9.15. The van der Waals surface area contributed by atoms with Crippen LogP contribution in [0.25, 0.3) is 0 Å². The fraction of sp³-hybridized carbons (Fsp3) is 0.727. The van der Waals surface area contributed by atoms with Crippen molar-refractivity contribution in [1.82, 2.24) is 0 Å². The van der Waals surface area contributed by atoms with Crippen molar-refractivity contribution in [1.29, 1.82) is 0 Å². The van der Waals surface area contributed by atoms with Gasteiger partial charge in [0.1, 0.15) is 0 Å². The molecule has 0 saturated carbocycles. The van der Waals surface area contributed by atoms with E-state index in [4.69, 9.17) is 11.6 Å². The predicted octanol–water partition coefficient (Wildman–Crippen LogP) is 4.06. The summed E-state index contributed by atoms with van der Waals surface area (Å²) < 4.78 is 0. The summed E-state index contributed by atoms with van der Waals surface area (Å²) in [5.74, 6) is 0. The van der Waals surface area contributed by atoms with Crippen LogP contribution in [0.15, 0.2) is 12.2 Å². The Bertz CT molecular complexity index is 152. The van der Waals surface area contributed by atoms with E-state index in [-0.39, 0.29) is 5.24 Å². The Morgan fingerprint density at radius 1 is 1.15 bits per heavy atom. The van der Waals surface area contributed by atoms with Crippen LogP contribution in [0, 0.1) is 0 Å². The van der Waals surface area contributed by atoms with Gasteiger partial charge in [0.25, 0.3) is 0 Å². The molecule has 0 saturated heterocycles. The molecule has 0 fully saturated rings. The van der Waals surface area contributed by atoms with Crippen LogP contribution in [0.3, 0.4) is 0 Å². The van der Waals surface area contributed by atoms with Gasteiger partial charge in [-0.25, -0.2) is 0 Å². The lowest BCUT2D eigenvalue weighted by molar-refractivity contribution is -0.111. The molecule has 0 unspecified atom stereocenters. The molecule has 0 heterocycles. The molecule has 0 aliphatic rings. The molecule has 2 heteroatoms. The third-order valence-corrected chi connectivity index (χ3v) is 2.09. The first-order chi connectivity index (χ1) is 6.27. The van der Waals surface area contributed by atoms with Crippen molar-refractivity contribution in [2.75, 3.05) is 0 Å². The lowest BCUT2D eigenvalue weighted by atomic mass is 10.1. The molecule has 0 aliphatic heterocycles. The van der Waals surface area contributed by atoms with Gasteiger partial charge < -0.3 is 0 Å². The predicted molar refractivity (Wildman–Crippen MR) is 58.0 cm³/mol. The molecule has 0 aromatic carbocycles. The average molecular weight is 203 g/mol. The smallest absolute Gasteiger partial charge is 0.221 e. The van der Waals surface area contributed by atoms with Gasteiger partial charge in [-0.3, -0.25) is 4.79 Å². The fourth-order valence-electron chi connectivity index (χ4n) is 1.12. The lowest BCUT2D eigenvalue weighted by Crippen LogP contribution is -1.82. The molecule has 1 nitrogen and oxygen atoms in total. The van der Waals surface area contributed by atoms with E-state index < -0.39 is 0 Å². The van der Waals surface area contributed by atoms with Crippen molar-refractivity contribution in [3.8, 4) is 0 Å². The molecular formula is C11H19ClO. The van der Waals surface area contributed by atoms with Gasteiger partial charge in [0, 0.05) is 6.42 Å². The number of carbonyl (C=O) groups is 1. The minimum absolute atomic E-state index is 0.240. The van der Waals surface area contributed by atoms with Gasteiger partial charge >= 0.3 is 0 Å². The van der Waals surface area contributed by atoms with E-state index in [1.807, 2.05) is 6.08 Å². The highest BCUT2D eigenvalue weighted by Crippen LogP contribution is 2.04. The van der Waals surface area contributed by atoms with Gasteiger partial charge in [0.15, 0.2) is 0 Å². The fourth-order valence-corrected chi connectivity index (χ4v) is 1.23. The van der Waals surface area contributed by atoms with Crippen LogP contribution in [-0.4, -0.2) is 5.24 Å². The molecular weight excluding hydrogens is 184 g/mol. The van der Waals surface area contributed by atoms with Crippen LogP contribution < -0.4 is 0 Å². The average Bonchev–Trinajstić information content (AvgIpc) is 2.09. The molecule has 0 bridgehead atoms. The number of unbranched alkanes of at least 4 members (excludes halogenated alkanes) is 4. The Kier molecular flexibility index (Phi) is 9.56. The van der Waals surface area contributed by atoms with Crippen LogP contribution in [0.4, 0.5) is 0 Å². The largest absolute Gasteiger partial charge is 0.281 e. The van der Waals surface area contributed by atoms with Gasteiger partial charge in [-0.15, -0.1) is 0 Å². The summed E-state index contributed by atoms with van der Waals surface area (Å²) in [5, 5.41) is -0.240. The third kappa shape index (κ3) is 11.7. The minimum Gasteiger partial charge on any atom is -0.281 e. The number of rotatable bonds is 8. The summed E-state index contributed by atoms with van der Waals surface area (Å²) >= 11 is 5.19. The second kappa shape index (κ2) is 9.79. The van der Waals surface area contributed by atoms with Crippen molar-refractivity contribution in [3.63, 3.8) is 0 Å². The van der Waals surface area contributed by atoms with Gasteiger partial charge in [-0.2, -0.15) is 0 Å². The number of halogens is 1. The molecule has 13 heavy (non-hydrogen) atoms. The molecule has 0 spiro atoms. The van der Waals surface area contributed by atoms with Gasteiger partial charge in [-0.1, -0.05) is 38.3 Å². The Labute approximate surface area is 86.2 Å². The third-order valence-electron chi connectivity index (χ3n) is 1.90. The summed E-state index contributed by atoms with van der Waals surface area (Å²) in [6.45, 7) is 2.21. The Morgan fingerprint density at radius 2 is 1.85 bits per heavy atom. The quantitative estimate of drug-likeness (QED) is 0.330. The molecule has 0 N–H and O–H groups in total. The van der Waals surface area contributed by atoms with Crippen LogP contribution in [-0.2, 0) is 4.79 Å². The summed E-state index contributed by atoms with van der Waals surface area (Å²) in [6, 6.07) is 0. The van der Waals surface area contributed by atoms with E-state index in [9.17, 15) is 4.79 Å². The summed E-state index contributed by atoms with van der Waals surface area (Å²) in [7, 11) is 0. The maximum Gasteiger partial charge on any atom is 0.221 e. The Morgan fingerprint density at radius 3 is 2.46 bits per heavy atom. The van der Waals surface area contributed by atoms with Crippen molar-refractivity contribution < 1.29 is 4.79 Å². The summed E-state index contributed by atoms with van der Waals surface area (Å²) in [4.78, 5) is 10.3. The first-order valence-corrected chi connectivity index (χ1v) is 5.48. The molecule has 0 aliphatic carbocycles. The van der Waals surface area contributed by atoms with E-state index in [0.717, 1.165) is 12.8 Å². The number of carbonyl (C=O) groups excluding carboxylic acids is 1. The second-order valence-corrected chi connectivity index (χ2v) is 3.64. The molecule has 0 rings (SSSR count). The normalized spacial score (nSPS) is 10.9. The first-order valence-electron chi connectivity index (χ1n) is 5.10. The van der Waals surface area contributed by atoms with E-state index in [1.165, 1.54) is 25.7 Å².